The lowest BCUT2D eigenvalue weighted by atomic mass is 9.86. The highest BCUT2D eigenvalue weighted by atomic mass is 16.5. The molecule has 1 aromatic rings. The summed E-state index contributed by atoms with van der Waals surface area (Å²) in [4.78, 5) is 0. The molecule has 2 N–H and O–H groups in total. The zero-order chi connectivity index (χ0) is 14.2. The van der Waals surface area contributed by atoms with E-state index < -0.39 is 0 Å². The Morgan fingerprint density at radius 2 is 1.95 bits per heavy atom. The second-order valence-corrected chi connectivity index (χ2v) is 5.32. The Morgan fingerprint density at radius 3 is 2.70 bits per heavy atom. The van der Waals surface area contributed by atoms with Gasteiger partial charge in [-0.05, 0) is 30.9 Å². The Hall–Kier alpha value is -1.26. The molecule has 112 valence electrons. The first-order valence-electron chi connectivity index (χ1n) is 7.46. The minimum Gasteiger partial charge on any atom is -0.493 e. The number of methoxy groups -OCH3 is 1. The van der Waals surface area contributed by atoms with Crippen LogP contribution in [0.15, 0.2) is 24.3 Å². The van der Waals surface area contributed by atoms with Crippen LogP contribution in [0.3, 0.4) is 0 Å². The first-order chi connectivity index (χ1) is 9.81. The van der Waals surface area contributed by atoms with Crippen molar-refractivity contribution < 1.29 is 14.6 Å². The smallest absolute Gasteiger partial charge is 0.161 e. The van der Waals surface area contributed by atoms with Crippen LogP contribution >= 0.6 is 0 Å². The Labute approximate surface area is 121 Å². The van der Waals surface area contributed by atoms with E-state index in [0.29, 0.717) is 12.5 Å². The van der Waals surface area contributed by atoms with Gasteiger partial charge in [0.2, 0.25) is 0 Å². The van der Waals surface area contributed by atoms with Gasteiger partial charge in [0.15, 0.2) is 11.5 Å². The maximum atomic E-state index is 9.88. The molecule has 1 aromatic carbocycles. The highest BCUT2D eigenvalue weighted by Crippen LogP contribution is 2.25. The van der Waals surface area contributed by atoms with Gasteiger partial charge in [0, 0.05) is 13.1 Å². The van der Waals surface area contributed by atoms with Crippen LogP contribution in [0.4, 0.5) is 0 Å². The normalized spacial score (nSPS) is 22.5. The molecule has 1 aliphatic rings. The molecule has 1 aliphatic carbocycles. The van der Waals surface area contributed by atoms with Crippen molar-refractivity contribution in [3.8, 4) is 11.5 Å². The SMILES string of the molecule is COc1ccccc1OCCNCC1CCCCC1O. The summed E-state index contributed by atoms with van der Waals surface area (Å²) in [7, 11) is 1.64. The second-order valence-electron chi connectivity index (χ2n) is 5.32. The molecule has 0 aliphatic heterocycles. The standard InChI is InChI=1S/C16H25NO3/c1-19-15-8-4-5-9-16(15)20-11-10-17-12-13-6-2-3-7-14(13)18/h4-5,8-9,13-14,17-18H,2-3,6-7,10-12H2,1H3. The maximum absolute atomic E-state index is 9.88. The molecule has 20 heavy (non-hydrogen) atoms. The van der Waals surface area contributed by atoms with Crippen LogP contribution in [-0.4, -0.2) is 38.0 Å². The number of aliphatic hydroxyl groups is 1. The van der Waals surface area contributed by atoms with Crippen molar-refractivity contribution in [1.29, 1.82) is 0 Å². The van der Waals surface area contributed by atoms with E-state index in [1.54, 1.807) is 7.11 Å². The zero-order valence-electron chi connectivity index (χ0n) is 12.2. The summed E-state index contributed by atoms with van der Waals surface area (Å²) in [6.45, 7) is 2.25. The van der Waals surface area contributed by atoms with Crippen molar-refractivity contribution >= 4 is 0 Å². The van der Waals surface area contributed by atoms with Gasteiger partial charge in [0.05, 0.1) is 13.2 Å². The molecular weight excluding hydrogens is 254 g/mol. The van der Waals surface area contributed by atoms with Crippen molar-refractivity contribution in [3.63, 3.8) is 0 Å². The molecule has 0 amide bonds. The first-order valence-corrected chi connectivity index (χ1v) is 7.46. The van der Waals surface area contributed by atoms with E-state index in [-0.39, 0.29) is 6.10 Å². The molecule has 0 heterocycles. The van der Waals surface area contributed by atoms with Crippen molar-refractivity contribution in [2.24, 2.45) is 5.92 Å². The number of hydrogen-bond donors (Lipinski definition) is 2. The van der Waals surface area contributed by atoms with Gasteiger partial charge in [-0.25, -0.2) is 0 Å². The largest absolute Gasteiger partial charge is 0.493 e. The molecule has 2 atom stereocenters. The molecule has 0 bridgehead atoms. The van der Waals surface area contributed by atoms with E-state index in [2.05, 4.69) is 5.32 Å². The third kappa shape index (κ3) is 4.39. The molecule has 0 aromatic heterocycles. The fraction of sp³-hybridized carbons (Fsp3) is 0.625. The minimum absolute atomic E-state index is 0.133. The second kappa shape index (κ2) is 8.12. The van der Waals surface area contributed by atoms with Crippen LogP contribution in [0.2, 0.25) is 0 Å². The topological polar surface area (TPSA) is 50.7 Å². The zero-order valence-corrected chi connectivity index (χ0v) is 12.2. The van der Waals surface area contributed by atoms with Gasteiger partial charge in [0.25, 0.3) is 0 Å². The predicted octanol–water partition coefficient (Wildman–Crippen LogP) is 2.21. The van der Waals surface area contributed by atoms with E-state index in [9.17, 15) is 5.11 Å². The lowest BCUT2D eigenvalue weighted by Crippen LogP contribution is -2.35. The minimum atomic E-state index is -0.133. The van der Waals surface area contributed by atoms with Crippen LogP contribution in [-0.2, 0) is 0 Å². The average Bonchev–Trinajstić information content (AvgIpc) is 2.49. The molecule has 4 heteroatoms. The molecule has 1 saturated carbocycles. The maximum Gasteiger partial charge on any atom is 0.161 e. The van der Waals surface area contributed by atoms with Gasteiger partial charge in [0.1, 0.15) is 6.61 Å². The lowest BCUT2D eigenvalue weighted by Gasteiger charge is -2.27. The Bertz CT molecular complexity index is 397. The average molecular weight is 279 g/mol. The van der Waals surface area contributed by atoms with Gasteiger partial charge >= 0.3 is 0 Å². The fourth-order valence-corrected chi connectivity index (χ4v) is 2.68. The van der Waals surface area contributed by atoms with E-state index >= 15 is 0 Å². The summed E-state index contributed by atoms with van der Waals surface area (Å²) in [5.41, 5.74) is 0. The summed E-state index contributed by atoms with van der Waals surface area (Å²) in [5, 5.41) is 13.3. The molecule has 1 fully saturated rings. The molecule has 0 spiro atoms. The predicted molar refractivity (Wildman–Crippen MR) is 79.3 cm³/mol. The van der Waals surface area contributed by atoms with E-state index in [1.165, 1.54) is 6.42 Å². The van der Waals surface area contributed by atoms with Gasteiger partial charge < -0.3 is 19.9 Å². The number of ether oxygens (including phenoxy) is 2. The van der Waals surface area contributed by atoms with E-state index in [1.807, 2.05) is 24.3 Å². The number of hydrogen-bond acceptors (Lipinski definition) is 4. The number of para-hydroxylation sites is 2. The number of nitrogens with one attached hydrogen (secondary N) is 1. The van der Waals surface area contributed by atoms with Crippen LogP contribution in [0.5, 0.6) is 11.5 Å². The van der Waals surface area contributed by atoms with Gasteiger partial charge in [-0.1, -0.05) is 25.0 Å². The molecule has 0 radical (unpaired) electrons. The van der Waals surface area contributed by atoms with E-state index in [4.69, 9.17) is 9.47 Å². The number of rotatable bonds is 7. The summed E-state index contributed by atoms with van der Waals surface area (Å²) in [5.74, 6) is 1.93. The van der Waals surface area contributed by atoms with Gasteiger partial charge in [-0.3, -0.25) is 0 Å². The highest BCUT2D eigenvalue weighted by molar-refractivity contribution is 5.39. The molecule has 2 rings (SSSR count). The fourth-order valence-electron chi connectivity index (χ4n) is 2.68. The van der Waals surface area contributed by atoms with Gasteiger partial charge in [-0.2, -0.15) is 0 Å². The quantitative estimate of drug-likeness (QED) is 0.751. The summed E-state index contributed by atoms with van der Waals surface area (Å²) in [6.07, 6.45) is 4.34. The van der Waals surface area contributed by atoms with Crippen LogP contribution in [0.1, 0.15) is 25.7 Å². The Morgan fingerprint density at radius 1 is 1.20 bits per heavy atom. The lowest BCUT2D eigenvalue weighted by molar-refractivity contribution is 0.0692. The third-order valence-electron chi connectivity index (χ3n) is 3.88. The van der Waals surface area contributed by atoms with Crippen molar-refractivity contribution in [3.05, 3.63) is 24.3 Å². The summed E-state index contributed by atoms with van der Waals surface area (Å²) in [6, 6.07) is 7.66. The van der Waals surface area contributed by atoms with E-state index in [0.717, 1.165) is 43.9 Å². The number of aliphatic hydroxyl groups excluding tert-OH is 1. The monoisotopic (exact) mass is 279 g/mol. The van der Waals surface area contributed by atoms with Crippen LogP contribution in [0, 0.1) is 5.92 Å². The summed E-state index contributed by atoms with van der Waals surface area (Å²) >= 11 is 0. The summed E-state index contributed by atoms with van der Waals surface area (Å²) < 4.78 is 10.9. The molecule has 2 unspecified atom stereocenters. The van der Waals surface area contributed by atoms with Crippen LogP contribution < -0.4 is 14.8 Å². The highest BCUT2D eigenvalue weighted by Gasteiger charge is 2.22. The third-order valence-corrected chi connectivity index (χ3v) is 3.88. The van der Waals surface area contributed by atoms with Crippen molar-refractivity contribution in [1.82, 2.24) is 5.32 Å². The number of benzene rings is 1. The van der Waals surface area contributed by atoms with Crippen LogP contribution in [0.25, 0.3) is 0 Å². The van der Waals surface area contributed by atoms with Gasteiger partial charge in [-0.15, -0.1) is 0 Å². The first kappa shape index (κ1) is 15.1. The molecular formula is C16H25NO3. The van der Waals surface area contributed by atoms with Crippen molar-refractivity contribution in [2.75, 3.05) is 26.8 Å². The molecule has 0 saturated heterocycles. The Kier molecular flexibility index (Phi) is 6.15. The van der Waals surface area contributed by atoms with Crippen molar-refractivity contribution in [2.45, 2.75) is 31.8 Å². The molecule has 4 nitrogen and oxygen atoms in total. The Balaban J connectivity index is 1.64.